The molecule has 2 heterocycles. The van der Waals surface area contributed by atoms with Gasteiger partial charge in [0.15, 0.2) is 0 Å². The monoisotopic (exact) mass is 326 g/mol. The molecule has 1 saturated heterocycles. The molecule has 1 unspecified atom stereocenters. The summed E-state index contributed by atoms with van der Waals surface area (Å²) in [6.07, 6.45) is 4.53. The van der Waals surface area contributed by atoms with E-state index in [1.54, 1.807) is 6.20 Å². The van der Waals surface area contributed by atoms with Crippen LogP contribution in [0.5, 0.6) is 5.75 Å². The third kappa shape index (κ3) is 4.56. The van der Waals surface area contributed by atoms with Crippen LogP contribution in [-0.2, 0) is 17.9 Å². The molecule has 3 rings (SSSR count). The number of benzene rings is 1. The number of rotatable bonds is 7. The molecule has 4 heteroatoms. The predicted molar refractivity (Wildman–Crippen MR) is 95.2 cm³/mol. The number of nitrogens with zero attached hydrogens (tertiary/aromatic N) is 1. The summed E-state index contributed by atoms with van der Waals surface area (Å²) in [6.45, 7) is 7.40. The fourth-order valence-electron chi connectivity index (χ4n) is 3.18. The highest BCUT2D eigenvalue weighted by Gasteiger charge is 2.14. The molecule has 1 aromatic heterocycles. The summed E-state index contributed by atoms with van der Waals surface area (Å²) >= 11 is 0. The van der Waals surface area contributed by atoms with Crippen molar-refractivity contribution in [1.29, 1.82) is 0 Å². The maximum Gasteiger partial charge on any atom is 0.130 e. The van der Waals surface area contributed by atoms with Crippen LogP contribution in [0, 0.1) is 13.8 Å². The van der Waals surface area contributed by atoms with E-state index >= 15 is 0 Å². The van der Waals surface area contributed by atoms with Crippen molar-refractivity contribution in [3.63, 3.8) is 0 Å². The van der Waals surface area contributed by atoms with Gasteiger partial charge < -0.3 is 14.8 Å². The molecule has 1 aromatic carbocycles. The molecule has 1 N–H and O–H groups in total. The van der Waals surface area contributed by atoms with Crippen molar-refractivity contribution >= 4 is 0 Å². The zero-order valence-electron chi connectivity index (χ0n) is 14.5. The minimum Gasteiger partial charge on any atom is -0.487 e. The van der Waals surface area contributed by atoms with Gasteiger partial charge in [-0.2, -0.15) is 0 Å². The maximum absolute atomic E-state index is 5.99. The van der Waals surface area contributed by atoms with Crippen molar-refractivity contribution in [2.75, 3.05) is 13.2 Å². The predicted octanol–water partition coefficient (Wildman–Crippen LogP) is 3.55. The van der Waals surface area contributed by atoms with Crippen LogP contribution in [0.4, 0.5) is 0 Å². The molecule has 0 amide bonds. The molecule has 1 atom stereocenters. The van der Waals surface area contributed by atoms with Gasteiger partial charge in [-0.25, -0.2) is 0 Å². The average molecular weight is 326 g/mol. The van der Waals surface area contributed by atoms with Gasteiger partial charge in [0.25, 0.3) is 0 Å². The van der Waals surface area contributed by atoms with E-state index in [1.807, 2.05) is 18.2 Å². The Bertz CT molecular complexity index is 629. The van der Waals surface area contributed by atoms with E-state index < -0.39 is 0 Å². The van der Waals surface area contributed by atoms with Gasteiger partial charge in [0.2, 0.25) is 0 Å². The van der Waals surface area contributed by atoms with Crippen LogP contribution in [0.25, 0.3) is 0 Å². The van der Waals surface area contributed by atoms with E-state index in [0.29, 0.717) is 12.7 Å². The van der Waals surface area contributed by atoms with E-state index in [4.69, 9.17) is 9.47 Å². The van der Waals surface area contributed by atoms with Crippen molar-refractivity contribution in [2.45, 2.75) is 45.9 Å². The molecule has 0 radical (unpaired) electrons. The number of pyridine rings is 1. The lowest BCUT2D eigenvalue weighted by Crippen LogP contribution is -2.25. The van der Waals surface area contributed by atoms with Crippen molar-refractivity contribution in [3.8, 4) is 5.75 Å². The van der Waals surface area contributed by atoms with Gasteiger partial charge in [-0.05, 0) is 55.5 Å². The van der Waals surface area contributed by atoms with Gasteiger partial charge in [-0.3, -0.25) is 4.98 Å². The van der Waals surface area contributed by atoms with E-state index in [1.165, 1.54) is 29.5 Å². The second-order valence-electron chi connectivity index (χ2n) is 6.43. The van der Waals surface area contributed by atoms with Crippen LogP contribution in [0.15, 0.2) is 36.5 Å². The van der Waals surface area contributed by atoms with Crippen molar-refractivity contribution in [1.82, 2.24) is 10.3 Å². The fourth-order valence-corrected chi connectivity index (χ4v) is 3.18. The standard InChI is InChI=1S/C20H26N2O2/c1-15-10-17(12-21-13-19-7-5-9-23-19)11-16(2)20(15)24-14-18-6-3-4-8-22-18/h3-4,6,8,10-11,19,21H,5,7,9,12-14H2,1-2H3. The minimum atomic E-state index is 0.383. The van der Waals surface area contributed by atoms with Crippen LogP contribution < -0.4 is 10.1 Å². The molecular weight excluding hydrogens is 300 g/mol. The Morgan fingerprint density at radius 2 is 2.08 bits per heavy atom. The van der Waals surface area contributed by atoms with Crippen molar-refractivity contribution in [3.05, 3.63) is 58.9 Å². The summed E-state index contributed by atoms with van der Waals surface area (Å²) in [5, 5.41) is 3.50. The Morgan fingerprint density at radius 1 is 1.25 bits per heavy atom. The molecule has 2 aromatic rings. The number of nitrogens with one attached hydrogen (secondary N) is 1. The third-order valence-electron chi connectivity index (χ3n) is 4.34. The van der Waals surface area contributed by atoms with Crippen LogP contribution in [-0.4, -0.2) is 24.2 Å². The molecule has 1 aliphatic rings. The van der Waals surface area contributed by atoms with Gasteiger partial charge in [-0.1, -0.05) is 18.2 Å². The Morgan fingerprint density at radius 3 is 2.75 bits per heavy atom. The quantitative estimate of drug-likeness (QED) is 0.845. The maximum atomic E-state index is 5.99. The molecule has 0 aliphatic carbocycles. The zero-order valence-corrected chi connectivity index (χ0v) is 14.5. The van der Waals surface area contributed by atoms with E-state index in [-0.39, 0.29) is 0 Å². The molecule has 24 heavy (non-hydrogen) atoms. The average Bonchev–Trinajstić information content (AvgIpc) is 3.08. The Kier molecular flexibility index (Phi) is 5.83. The molecule has 0 spiro atoms. The normalized spacial score (nSPS) is 17.2. The van der Waals surface area contributed by atoms with Gasteiger partial charge in [0.1, 0.15) is 12.4 Å². The number of ether oxygens (including phenoxy) is 2. The van der Waals surface area contributed by atoms with E-state index in [2.05, 4.69) is 36.3 Å². The number of aromatic nitrogens is 1. The summed E-state index contributed by atoms with van der Waals surface area (Å²) < 4.78 is 11.6. The van der Waals surface area contributed by atoms with E-state index in [0.717, 1.165) is 31.1 Å². The first-order chi connectivity index (χ1) is 11.7. The Balaban J connectivity index is 1.56. The highest BCUT2D eigenvalue weighted by Crippen LogP contribution is 2.25. The Hall–Kier alpha value is -1.91. The summed E-state index contributed by atoms with van der Waals surface area (Å²) in [4.78, 5) is 4.30. The van der Waals surface area contributed by atoms with Crippen LogP contribution >= 0.6 is 0 Å². The van der Waals surface area contributed by atoms with Crippen molar-refractivity contribution < 1.29 is 9.47 Å². The number of hydrogen-bond acceptors (Lipinski definition) is 4. The lowest BCUT2D eigenvalue weighted by molar-refractivity contribution is 0.110. The van der Waals surface area contributed by atoms with Crippen LogP contribution in [0.1, 0.15) is 35.2 Å². The van der Waals surface area contributed by atoms with Gasteiger partial charge >= 0.3 is 0 Å². The third-order valence-corrected chi connectivity index (χ3v) is 4.34. The van der Waals surface area contributed by atoms with Crippen molar-refractivity contribution in [2.24, 2.45) is 0 Å². The topological polar surface area (TPSA) is 43.4 Å². The first kappa shape index (κ1) is 16.9. The van der Waals surface area contributed by atoms with Gasteiger partial charge in [-0.15, -0.1) is 0 Å². The fraction of sp³-hybridized carbons (Fsp3) is 0.450. The smallest absolute Gasteiger partial charge is 0.130 e. The highest BCUT2D eigenvalue weighted by molar-refractivity contribution is 5.43. The molecule has 128 valence electrons. The van der Waals surface area contributed by atoms with Crippen LogP contribution in [0.2, 0.25) is 0 Å². The lowest BCUT2D eigenvalue weighted by atomic mass is 10.1. The molecule has 4 nitrogen and oxygen atoms in total. The summed E-state index contributed by atoms with van der Waals surface area (Å²) in [5.41, 5.74) is 4.56. The first-order valence-electron chi connectivity index (χ1n) is 8.67. The largest absolute Gasteiger partial charge is 0.487 e. The van der Waals surface area contributed by atoms with Crippen LogP contribution in [0.3, 0.4) is 0 Å². The summed E-state index contributed by atoms with van der Waals surface area (Å²) in [7, 11) is 0. The second kappa shape index (κ2) is 8.27. The first-order valence-corrected chi connectivity index (χ1v) is 8.67. The molecule has 0 bridgehead atoms. The van der Waals surface area contributed by atoms with Gasteiger partial charge in [0.05, 0.1) is 11.8 Å². The Labute approximate surface area is 144 Å². The SMILES string of the molecule is Cc1cc(CNCC2CCCO2)cc(C)c1OCc1ccccn1. The minimum absolute atomic E-state index is 0.383. The van der Waals surface area contributed by atoms with Gasteiger partial charge in [0, 0.05) is 25.9 Å². The second-order valence-corrected chi connectivity index (χ2v) is 6.43. The summed E-state index contributed by atoms with van der Waals surface area (Å²) in [5.74, 6) is 0.962. The lowest BCUT2D eigenvalue weighted by Gasteiger charge is -2.15. The number of hydrogen-bond donors (Lipinski definition) is 1. The molecule has 0 saturated carbocycles. The molecule has 1 fully saturated rings. The zero-order chi connectivity index (χ0) is 16.8. The number of aryl methyl sites for hydroxylation is 2. The summed E-state index contributed by atoms with van der Waals surface area (Å²) in [6, 6.07) is 10.3. The highest BCUT2D eigenvalue weighted by atomic mass is 16.5. The molecule has 1 aliphatic heterocycles. The molecular formula is C20H26N2O2. The van der Waals surface area contributed by atoms with E-state index in [9.17, 15) is 0 Å².